The van der Waals surface area contributed by atoms with Gasteiger partial charge in [0.1, 0.15) is 18.1 Å². The molecule has 0 N–H and O–H groups in total. The van der Waals surface area contributed by atoms with Gasteiger partial charge in [0.2, 0.25) is 5.88 Å². The van der Waals surface area contributed by atoms with E-state index in [-0.39, 0.29) is 23.4 Å². The van der Waals surface area contributed by atoms with Crippen molar-refractivity contribution in [1.29, 1.82) is 5.26 Å². The van der Waals surface area contributed by atoms with Crippen molar-refractivity contribution >= 4 is 0 Å². The second-order valence-corrected chi connectivity index (χ2v) is 3.12. The van der Waals surface area contributed by atoms with E-state index in [1.54, 1.807) is 6.07 Å². The molecule has 0 aromatic carbocycles. The highest BCUT2D eigenvalue weighted by Crippen LogP contribution is 2.30. The Hall–Kier alpha value is -2.04. The van der Waals surface area contributed by atoms with Crippen LogP contribution < -0.4 is 9.47 Å². The molecule has 0 fully saturated rings. The van der Waals surface area contributed by atoms with E-state index in [0.717, 1.165) is 6.07 Å². The zero-order valence-corrected chi connectivity index (χ0v) is 9.21. The van der Waals surface area contributed by atoms with E-state index in [4.69, 9.17) is 10.00 Å². The van der Waals surface area contributed by atoms with Crippen molar-refractivity contribution in [1.82, 2.24) is 4.98 Å². The predicted molar refractivity (Wildman–Crippen MR) is 51.6 cm³/mol. The number of alkyl halides is 4. The molecule has 0 radical (unpaired) electrons. The third kappa shape index (κ3) is 3.48. The summed E-state index contributed by atoms with van der Waals surface area (Å²) in [6.45, 7) is -1.06. The summed E-state index contributed by atoms with van der Waals surface area (Å²) in [6, 6.07) is 2.48. The largest absolute Gasteiger partial charge is 0.574 e. The highest BCUT2D eigenvalue weighted by molar-refractivity contribution is 5.41. The Morgan fingerprint density at radius 1 is 1.44 bits per heavy atom. The first-order chi connectivity index (χ1) is 8.41. The molecule has 0 aliphatic rings. The fraction of sp³-hybridized carbons (Fsp3) is 0.400. The average Bonchev–Trinajstić information content (AvgIpc) is 2.26. The molecule has 1 rings (SSSR count). The fourth-order valence-corrected chi connectivity index (χ4v) is 1.33. The van der Waals surface area contributed by atoms with E-state index in [0.29, 0.717) is 0 Å². The van der Waals surface area contributed by atoms with Crippen molar-refractivity contribution in [2.75, 3.05) is 7.11 Å². The van der Waals surface area contributed by atoms with Gasteiger partial charge in [0, 0.05) is 11.6 Å². The second-order valence-electron chi connectivity index (χ2n) is 3.12. The van der Waals surface area contributed by atoms with Crippen LogP contribution in [0.4, 0.5) is 17.6 Å². The molecule has 0 amide bonds. The van der Waals surface area contributed by atoms with Gasteiger partial charge in [-0.05, 0) is 0 Å². The summed E-state index contributed by atoms with van der Waals surface area (Å²) in [5.41, 5.74) is -0.258. The molecular formula is C10H8F4N2O2. The Kier molecular flexibility index (Phi) is 4.31. The summed E-state index contributed by atoms with van der Waals surface area (Å²) in [6.07, 6.45) is -5.25. The lowest BCUT2D eigenvalue weighted by Crippen LogP contribution is -2.18. The van der Waals surface area contributed by atoms with E-state index in [1.165, 1.54) is 7.11 Å². The van der Waals surface area contributed by atoms with Crippen molar-refractivity contribution < 1.29 is 27.0 Å². The molecule has 98 valence electrons. The number of rotatable bonds is 4. The zero-order valence-electron chi connectivity index (χ0n) is 9.21. The first-order valence-electron chi connectivity index (χ1n) is 4.66. The van der Waals surface area contributed by atoms with E-state index in [2.05, 4.69) is 9.72 Å². The van der Waals surface area contributed by atoms with Gasteiger partial charge >= 0.3 is 6.36 Å². The van der Waals surface area contributed by atoms with Gasteiger partial charge in [0.15, 0.2) is 0 Å². The van der Waals surface area contributed by atoms with Crippen LogP contribution in [-0.4, -0.2) is 18.5 Å². The lowest BCUT2D eigenvalue weighted by molar-refractivity contribution is -0.276. The number of ether oxygens (including phenoxy) is 2. The molecule has 0 bridgehead atoms. The standard InChI is InChI=1S/C10H8F4N2O2/c1-17-9-6(5-11)4-8(18-10(12,13)14)16-7(9)2-3-15/h4H,2,5H2,1H3. The summed E-state index contributed by atoms with van der Waals surface area (Å²) < 4.78 is 57.2. The number of nitriles is 1. The van der Waals surface area contributed by atoms with Crippen LogP contribution in [0.1, 0.15) is 11.3 Å². The Morgan fingerprint density at radius 2 is 2.11 bits per heavy atom. The molecule has 8 heteroatoms. The second kappa shape index (κ2) is 5.53. The molecule has 0 aliphatic carbocycles. The molecule has 1 heterocycles. The molecule has 0 spiro atoms. The zero-order chi connectivity index (χ0) is 13.8. The summed E-state index contributed by atoms with van der Waals surface area (Å²) >= 11 is 0. The Morgan fingerprint density at radius 3 is 2.56 bits per heavy atom. The van der Waals surface area contributed by atoms with Crippen LogP contribution in [-0.2, 0) is 13.1 Å². The molecule has 0 aliphatic heterocycles. The van der Waals surface area contributed by atoms with E-state index < -0.39 is 18.9 Å². The van der Waals surface area contributed by atoms with E-state index in [1.807, 2.05) is 0 Å². The first kappa shape index (κ1) is 14.0. The fourth-order valence-electron chi connectivity index (χ4n) is 1.33. The molecular weight excluding hydrogens is 256 g/mol. The number of nitrogens with zero attached hydrogens (tertiary/aromatic N) is 2. The van der Waals surface area contributed by atoms with Crippen LogP contribution in [0, 0.1) is 11.3 Å². The average molecular weight is 264 g/mol. The van der Waals surface area contributed by atoms with Crippen LogP contribution in [0.15, 0.2) is 6.07 Å². The number of hydrogen-bond acceptors (Lipinski definition) is 4. The quantitative estimate of drug-likeness (QED) is 0.784. The molecule has 1 aromatic heterocycles. The maximum absolute atomic E-state index is 12.7. The number of pyridine rings is 1. The first-order valence-corrected chi connectivity index (χ1v) is 4.66. The Bertz CT molecular complexity index is 468. The maximum atomic E-state index is 12.7. The SMILES string of the molecule is COc1c(CF)cc(OC(F)(F)F)nc1CC#N. The van der Waals surface area contributed by atoms with Crippen LogP contribution in [0.3, 0.4) is 0 Å². The third-order valence-electron chi connectivity index (χ3n) is 1.91. The molecule has 0 saturated heterocycles. The molecule has 1 aromatic rings. The third-order valence-corrected chi connectivity index (χ3v) is 1.91. The van der Waals surface area contributed by atoms with Gasteiger partial charge in [0.05, 0.1) is 19.6 Å². The minimum atomic E-state index is -4.93. The molecule has 18 heavy (non-hydrogen) atoms. The van der Waals surface area contributed by atoms with Crippen LogP contribution in [0.25, 0.3) is 0 Å². The minimum absolute atomic E-state index is 0.0476. The highest BCUT2D eigenvalue weighted by Gasteiger charge is 2.32. The number of halogens is 4. The van der Waals surface area contributed by atoms with Crippen molar-refractivity contribution in [2.24, 2.45) is 0 Å². The predicted octanol–water partition coefficient (Wildman–Crippen LogP) is 2.52. The van der Waals surface area contributed by atoms with Gasteiger partial charge in [-0.2, -0.15) is 5.26 Å². The normalized spacial score (nSPS) is 10.9. The summed E-state index contributed by atoms with van der Waals surface area (Å²) in [7, 11) is 1.21. The van der Waals surface area contributed by atoms with Gasteiger partial charge in [-0.15, -0.1) is 13.2 Å². The smallest absolute Gasteiger partial charge is 0.494 e. The van der Waals surface area contributed by atoms with Crippen molar-refractivity contribution in [2.45, 2.75) is 19.5 Å². The molecule has 0 saturated carbocycles. The number of methoxy groups -OCH3 is 1. The van der Waals surface area contributed by atoms with Crippen molar-refractivity contribution in [3.8, 4) is 17.7 Å². The maximum Gasteiger partial charge on any atom is 0.574 e. The Labute approximate surface area is 99.8 Å². The highest BCUT2D eigenvalue weighted by atomic mass is 19.4. The van der Waals surface area contributed by atoms with Crippen molar-refractivity contribution in [3.63, 3.8) is 0 Å². The summed E-state index contributed by atoms with van der Waals surface area (Å²) in [5, 5.41) is 8.52. The molecule has 0 atom stereocenters. The van der Waals surface area contributed by atoms with Gasteiger partial charge in [-0.25, -0.2) is 9.37 Å². The monoisotopic (exact) mass is 264 g/mol. The topological polar surface area (TPSA) is 55.1 Å². The number of hydrogen-bond donors (Lipinski definition) is 0. The van der Waals surface area contributed by atoms with Gasteiger partial charge in [-0.1, -0.05) is 0 Å². The summed E-state index contributed by atoms with van der Waals surface area (Å²) in [4.78, 5) is 3.47. The Balaban J connectivity index is 3.23. The van der Waals surface area contributed by atoms with Gasteiger partial charge < -0.3 is 9.47 Å². The van der Waals surface area contributed by atoms with Gasteiger partial charge in [0.25, 0.3) is 0 Å². The van der Waals surface area contributed by atoms with Crippen LogP contribution in [0.5, 0.6) is 11.6 Å². The lowest BCUT2D eigenvalue weighted by Gasteiger charge is -2.13. The minimum Gasteiger partial charge on any atom is -0.494 e. The van der Waals surface area contributed by atoms with E-state index >= 15 is 0 Å². The molecule has 4 nitrogen and oxygen atoms in total. The number of aromatic nitrogens is 1. The van der Waals surface area contributed by atoms with E-state index in [9.17, 15) is 17.6 Å². The van der Waals surface area contributed by atoms with Crippen LogP contribution in [0.2, 0.25) is 0 Å². The van der Waals surface area contributed by atoms with Crippen molar-refractivity contribution in [3.05, 3.63) is 17.3 Å². The van der Waals surface area contributed by atoms with Gasteiger partial charge in [-0.3, -0.25) is 0 Å². The summed E-state index contributed by atoms with van der Waals surface area (Å²) in [5.74, 6) is -0.866. The molecule has 0 unspecified atom stereocenters. The lowest BCUT2D eigenvalue weighted by atomic mass is 10.2. The van der Waals surface area contributed by atoms with Crippen LogP contribution >= 0.6 is 0 Å².